The van der Waals surface area contributed by atoms with Crippen molar-refractivity contribution in [1.29, 1.82) is 0 Å². The van der Waals surface area contributed by atoms with Crippen molar-refractivity contribution in [2.45, 2.75) is 38.6 Å². The van der Waals surface area contributed by atoms with Gasteiger partial charge in [-0.05, 0) is 48.9 Å². The largest absolute Gasteiger partial charge is 0.352 e. The van der Waals surface area contributed by atoms with Crippen molar-refractivity contribution in [3.8, 4) is 0 Å². The Morgan fingerprint density at radius 2 is 1.52 bits per heavy atom. The van der Waals surface area contributed by atoms with Crippen molar-refractivity contribution in [1.82, 2.24) is 10.6 Å². The molecular weight excluding hydrogens is 434 g/mol. The minimum atomic E-state index is -0.223. The number of amides is 3. The molecule has 1 aliphatic rings. The average molecular weight is 462 g/mol. The first-order chi connectivity index (χ1) is 16.1. The molecule has 1 aromatic heterocycles. The van der Waals surface area contributed by atoms with Crippen LogP contribution in [0.15, 0.2) is 60.7 Å². The number of fused-ring (bicyclic) bond motifs is 1. The molecule has 0 bridgehead atoms. The van der Waals surface area contributed by atoms with Crippen LogP contribution in [0.25, 0.3) is 0 Å². The summed E-state index contributed by atoms with van der Waals surface area (Å²) in [5.74, 6) is -0.596. The number of thiophene rings is 1. The molecule has 1 aliphatic carbocycles. The zero-order valence-electron chi connectivity index (χ0n) is 18.4. The number of hydrogen-bond acceptors (Lipinski definition) is 4. The van der Waals surface area contributed by atoms with E-state index in [1.165, 1.54) is 16.2 Å². The SMILES string of the molecule is O=C(CCNC(=O)c1ccccc1)Nc1sc2c(c1C(=O)NCc1ccccc1)CCCC2. The highest BCUT2D eigenvalue weighted by Crippen LogP contribution is 2.38. The van der Waals surface area contributed by atoms with Gasteiger partial charge in [-0.1, -0.05) is 48.5 Å². The van der Waals surface area contributed by atoms with Crippen LogP contribution in [-0.2, 0) is 24.2 Å². The molecule has 0 spiro atoms. The van der Waals surface area contributed by atoms with Gasteiger partial charge < -0.3 is 16.0 Å². The molecule has 7 heteroatoms. The third kappa shape index (κ3) is 5.87. The summed E-state index contributed by atoms with van der Waals surface area (Å²) in [4.78, 5) is 39.0. The summed E-state index contributed by atoms with van der Waals surface area (Å²) in [5, 5.41) is 9.30. The molecule has 0 fully saturated rings. The van der Waals surface area contributed by atoms with Crippen LogP contribution in [0.3, 0.4) is 0 Å². The van der Waals surface area contributed by atoms with Crippen LogP contribution in [-0.4, -0.2) is 24.3 Å². The van der Waals surface area contributed by atoms with E-state index in [1.807, 2.05) is 36.4 Å². The summed E-state index contributed by atoms with van der Waals surface area (Å²) < 4.78 is 0. The molecule has 170 valence electrons. The Morgan fingerprint density at radius 3 is 2.27 bits per heavy atom. The van der Waals surface area contributed by atoms with Gasteiger partial charge in [-0.3, -0.25) is 14.4 Å². The van der Waals surface area contributed by atoms with Gasteiger partial charge in [0.05, 0.1) is 5.56 Å². The van der Waals surface area contributed by atoms with Gasteiger partial charge in [0, 0.05) is 30.0 Å². The van der Waals surface area contributed by atoms with Crippen molar-refractivity contribution in [3.05, 3.63) is 87.8 Å². The molecule has 3 amide bonds. The molecule has 0 aliphatic heterocycles. The predicted molar refractivity (Wildman–Crippen MR) is 131 cm³/mol. The van der Waals surface area contributed by atoms with Crippen LogP contribution in [0.4, 0.5) is 5.00 Å². The number of carbonyl (C=O) groups excluding carboxylic acids is 3. The Bertz CT molecular complexity index is 1130. The van der Waals surface area contributed by atoms with Crippen molar-refractivity contribution >= 4 is 34.1 Å². The maximum atomic E-state index is 13.1. The average Bonchev–Trinajstić information content (AvgIpc) is 3.21. The van der Waals surface area contributed by atoms with Crippen molar-refractivity contribution < 1.29 is 14.4 Å². The second-order valence-corrected chi connectivity index (χ2v) is 9.11. The molecule has 0 saturated heterocycles. The number of hydrogen-bond donors (Lipinski definition) is 3. The van der Waals surface area contributed by atoms with Gasteiger partial charge in [0.15, 0.2) is 0 Å². The normalized spacial score (nSPS) is 12.5. The summed E-state index contributed by atoms with van der Waals surface area (Å²) in [5.41, 5.74) is 3.23. The van der Waals surface area contributed by atoms with E-state index in [1.54, 1.807) is 24.3 Å². The van der Waals surface area contributed by atoms with Gasteiger partial charge in [-0.25, -0.2) is 0 Å². The van der Waals surface area contributed by atoms with Crippen molar-refractivity contribution in [2.24, 2.45) is 0 Å². The van der Waals surface area contributed by atoms with E-state index < -0.39 is 0 Å². The molecule has 4 rings (SSSR count). The first-order valence-corrected chi connectivity index (χ1v) is 12.0. The molecule has 0 saturated carbocycles. The summed E-state index contributed by atoms with van der Waals surface area (Å²) in [6.07, 6.45) is 4.05. The zero-order chi connectivity index (χ0) is 23.0. The molecule has 2 aromatic carbocycles. The third-order valence-corrected chi connectivity index (χ3v) is 6.83. The molecule has 0 unspecified atom stereocenters. The van der Waals surface area contributed by atoms with Gasteiger partial charge in [0.25, 0.3) is 11.8 Å². The minimum Gasteiger partial charge on any atom is -0.352 e. The van der Waals surface area contributed by atoms with Crippen molar-refractivity contribution in [3.63, 3.8) is 0 Å². The molecule has 0 atom stereocenters. The van der Waals surface area contributed by atoms with Crippen LogP contribution in [0, 0.1) is 0 Å². The second kappa shape index (κ2) is 10.9. The highest BCUT2D eigenvalue weighted by molar-refractivity contribution is 7.17. The van der Waals surface area contributed by atoms with Gasteiger partial charge >= 0.3 is 0 Å². The van der Waals surface area contributed by atoms with Crippen LogP contribution >= 0.6 is 11.3 Å². The standard InChI is InChI=1S/C26H27N3O3S/c30-22(15-16-27-24(31)19-11-5-2-6-12-19)29-26-23(20-13-7-8-14-21(20)33-26)25(32)28-17-18-9-3-1-4-10-18/h1-6,9-12H,7-8,13-17H2,(H,27,31)(H,28,32)(H,29,30). The fourth-order valence-electron chi connectivity index (χ4n) is 3.93. The van der Waals surface area contributed by atoms with E-state index in [0.29, 0.717) is 22.7 Å². The van der Waals surface area contributed by atoms with Gasteiger partial charge in [-0.15, -0.1) is 11.3 Å². The maximum absolute atomic E-state index is 13.1. The lowest BCUT2D eigenvalue weighted by Crippen LogP contribution is -2.28. The van der Waals surface area contributed by atoms with Crippen LogP contribution in [0.1, 0.15) is 56.0 Å². The lowest BCUT2D eigenvalue weighted by Gasteiger charge is -2.13. The first-order valence-electron chi connectivity index (χ1n) is 11.2. The van der Waals surface area contributed by atoms with Crippen LogP contribution < -0.4 is 16.0 Å². The van der Waals surface area contributed by atoms with E-state index >= 15 is 0 Å². The lowest BCUT2D eigenvalue weighted by molar-refractivity contribution is -0.116. The van der Waals surface area contributed by atoms with Crippen molar-refractivity contribution in [2.75, 3.05) is 11.9 Å². The summed E-state index contributed by atoms with van der Waals surface area (Å²) in [7, 11) is 0. The fourth-order valence-corrected chi connectivity index (χ4v) is 5.23. The molecule has 0 radical (unpaired) electrons. The Labute approximate surface area is 197 Å². The quantitative estimate of drug-likeness (QED) is 0.467. The van der Waals surface area contributed by atoms with E-state index in [0.717, 1.165) is 36.8 Å². The highest BCUT2D eigenvalue weighted by Gasteiger charge is 2.26. The lowest BCUT2D eigenvalue weighted by atomic mass is 9.95. The smallest absolute Gasteiger partial charge is 0.254 e. The molecule has 3 N–H and O–H groups in total. The maximum Gasteiger partial charge on any atom is 0.254 e. The summed E-state index contributed by atoms with van der Waals surface area (Å²) in [6.45, 7) is 0.656. The number of anilines is 1. The number of rotatable bonds is 8. The first kappa shape index (κ1) is 22.7. The second-order valence-electron chi connectivity index (χ2n) is 8.00. The molecular formula is C26H27N3O3S. The van der Waals surface area contributed by atoms with E-state index in [-0.39, 0.29) is 30.7 Å². The van der Waals surface area contributed by atoms with Crippen LogP contribution in [0.2, 0.25) is 0 Å². The number of benzene rings is 2. The molecule has 33 heavy (non-hydrogen) atoms. The third-order valence-electron chi connectivity index (χ3n) is 5.62. The van der Waals surface area contributed by atoms with Gasteiger partial charge in [0.2, 0.25) is 5.91 Å². The number of nitrogens with one attached hydrogen (secondary N) is 3. The monoisotopic (exact) mass is 461 g/mol. The summed E-state index contributed by atoms with van der Waals surface area (Å²) >= 11 is 1.50. The number of aryl methyl sites for hydroxylation is 1. The van der Waals surface area contributed by atoms with E-state index in [9.17, 15) is 14.4 Å². The Kier molecular flexibility index (Phi) is 7.52. The Morgan fingerprint density at radius 1 is 0.818 bits per heavy atom. The van der Waals surface area contributed by atoms with E-state index in [2.05, 4.69) is 16.0 Å². The van der Waals surface area contributed by atoms with Gasteiger partial charge in [0.1, 0.15) is 5.00 Å². The number of carbonyl (C=O) groups is 3. The zero-order valence-corrected chi connectivity index (χ0v) is 19.2. The fraction of sp³-hybridized carbons (Fsp3) is 0.269. The highest BCUT2D eigenvalue weighted by atomic mass is 32.1. The Balaban J connectivity index is 1.39. The summed E-state index contributed by atoms with van der Waals surface area (Å²) in [6, 6.07) is 18.7. The molecule has 6 nitrogen and oxygen atoms in total. The molecule has 3 aromatic rings. The van der Waals surface area contributed by atoms with Crippen LogP contribution in [0.5, 0.6) is 0 Å². The molecule has 1 heterocycles. The minimum absolute atomic E-state index is 0.131. The van der Waals surface area contributed by atoms with Gasteiger partial charge in [-0.2, -0.15) is 0 Å². The van der Waals surface area contributed by atoms with E-state index in [4.69, 9.17) is 0 Å². The topological polar surface area (TPSA) is 87.3 Å². The Hall–Kier alpha value is -3.45. The predicted octanol–water partition coefficient (Wildman–Crippen LogP) is 4.32.